The van der Waals surface area contributed by atoms with E-state index in [4.69, 9.17) is 5.53 Å². The molecule has 0 amide bonds. The van der Waals surface area contributed by atoms with Gasteiger partial charge in [0.2, 0.25) is 0 Å². The third-order valence-electron chi connectivity index (χ3n) is 1.85. The van der Waals surface area contributed by atoms with Gasteiger partial charge in [-0.25, -0.2) is 4.39 Å². The minimum absolute atomic E-state index is 0.291. The van der Waals surface area contributed by atoms with E-state index < -0.39 is 5.54 Å². The van der Waals surface area contributed by atoms with Gasteiger partial charge in [-0.15, -0.1) is 0 Å². The van der Waals surface area contributed by atoms with Crippen LogP contribution < -0.4 is 0 Å². The van der Waals surface area contributed by atoms with Crippen molar-refractivity contribution in [3.05, 3.63) is 46.1 Å². The van der Waals surface area contributed by atoms with Crippen molar-refractivity contribution >= 4 is 0 Å². The molecule has 0 aliphatic rings. The lowest BCUT2D eigenvalue weighted by molar-refractivity contribution is 0.547. The molecule has 4 heteroatoms. The quantitative estimate of drug-likeness (QED) is 0.379. The van der Waals surface area contributed by atoms with Crippen molar-refractivity contribution in [3.8, 4) is 0 Å². The fourth-order valence-corrected chi connectivity index (χ4v) is 1.03. The van der Waals surface area contributed by atoms with Crippen LogP contribution in [0.15, 0.2) is 29.4 Å². The monoisotopic (exact) mass is 179 g/mol. The van der Waals surface area contributed by atoms with Gasteiger partial charge in [0.15, 0.2) is 0 Å². The molecule has 0 unspecified atom stereocenters. The summed E-state index contributed by atoms with van der Waals surface area (Å²) in [5.41, 5.74) is 8.48. The molecule has 0 radical (unpaired) electrons. The minimum Gasteiger partial charge on any atom is -0.207 e. The highest BCUT2D eigenvalue weighted by molar-refractivity contribution is 5.23. The van der Waals surface area contributed by atoms with Gasteiger partial charge in [-0.05, 0) is 23.2 Å². The molecule has 3 nitrogen and oxygen atoms in total. The van der Waals surface area contributed by atoms with Crippen LogP contribution in [-0.4, -0.2) is 0 Å². The zero-order valence-electron chi connectivity index (χ0n) is 7.53. The molecule has 0 atom stereocenters. The number of nitrogens with zero attached hydrogens (tertiary/aromatic N) is 3. The summed E-state index contributed by atoms with van der Waals surface area (Å²) in [7, 11) is 0. The van der Waals surface area contributed by atoms with Crippen molar-refractivity contribution in [2.45, 2.75) is 19.4 Å². The maximum absolute atomic E-state index is 12.6. The average molecular weight is 179 g/mol. The Kier molecular flexibility index (Phi) is 2.54. The molecule has 0 saturated heterocycles. The Morgan fingerprint density at radius 1 is 1.31 bits per heavy atom. The second-order valence-electron chi connectivity index (χ2n) is 3.26. The summed E-state index contributed by atoms with van der Waals surface area (Å²) in [6.45, 7) is 3.56. The number of hydrogen-bond donors (Lipinski definition) is 0. The van der Waals surface area contributed by atoms with Crippen LogP contribution in [0.4, 0.5) is 4.39 Å². The summed E-state index contributed by atoms with van der Waals surface area (Å²) < 4.78 is 12.6. The fourth-order valence-electron chi connectivity index (χ4n) is 1.03. The molecule has 68 valence electrons. The lowest BCUT2D eigenvalue weighted by Gasteiger charge is -2.17. The van der Waals surface area contributed by atoms with Crippen LogP contribution in [0.3, 0.4) is 0 Å². The van der Waals surface area contributed by atoms with Crippen LogP contribution in [0.25, 0.3) is 10.4 Å². The molecule has 0 aliphatic heterocycles. The van der Waals surface area contributed by atoms with Gasteiger partial charge in [-0.2, -0.15) is 0 Å². The normalized spacial score (nSPS) is 10.7. The number of rotatable bonds is 2. The highest BCUT2D eigenvalue weighted by Crippen LogP contribution is 2.24. The zero-order valence-corrected chi connectivity index (χ0v) is 7.53. The molecule has 0 aromatic heterocycles. The molecule has 0 aliphatic carbocycles. The van der Waals surface area contributed by atoms with Crippen molar-refractivity contribution < 1.29 is 4.39 Å². The summed E-state index contributed by atoms with van der Waals surface area (Å²) in [4.78, 5) is 2.74. The lowest BCUT2D eigenvalue weighted by atomic mass is 9.96. The van der Waals surface area contributed by atoms with E-state index >= 15 is 0 Å². The fraction of sp³-hybridized carbons (Fsp3) is 0.333. The Balaban J connectivity index is 3.07. The molecule has 1 rings (SSSR count). The number of hydrogen-bond acceptors (Lipinski definition) is 1. The Morgan fingerprint density at radius 3 is 2.31 bits per heavy atom. The molecule has 0 N–H and O–H groups in total. The molecular formula is C9H10FN3. The molecule has 1 aromatic rings. The number of benzene rings is 1. The topological polar surface area (TPSA) is 48.8 Å². The van der Waals surface area contributed by atoms with Crippen molar-refractivity contribution in [2.24, 2.45) is 5.11 Å². The first-order valence-corrected chi connectivity index (χ1v) is 3.88. The molecule has 0 spiro atoms. The van der Waals surface area contributed by atoms with Crippen molar-refractivity contribution in [1.29, 1.82) is 0 Å². The van der Waals surface area contributed by atoms with Gasteiger partial charge in [0.1, 0.15) is 5.82 Å². The summed E-state index contributed by atoms with van der Waals surface area (Å²) in [6, 6.07) is 5.93. The van der Waals surface area contributed by atoms with Gasteiger partial charge in [-0.1, -0.05) is 31.1 Å². The molecule has 0 bridgehead atoms. The second-order valence-corrected chi connectivity index (χ2v) is 3.26. The van der Waals surface area contributed by atoms with Gasteiger partial charge in [0.25, 0.3) is 0 Å². The van der Waals surface area contributed by atoms with Gasteiger partial charge < -0.3 is 0 Å². The Labute approximate surface area is 75.8 Å². The van der Waals surface area contributed by atoms with Crippen LogP contribution in [0.2, 0.25) is 0 Å². The predicted molar refractivity (Wildman–Crippen MR) is 48.6 cm³/mol. The number of azide groups is 1. The summed E-state index contributed by atoms with van der Waals surface area (Å²) in [5, 5.41) is 3.61. The largest absolute Gasteiger partial charge is 0.207 e. The van der Waals surface area contributed by atoms with Gasteiger partial charge in [0.05, 0.1) is 5.54 Å². The molecule has 1 aromatic carbocycles. The van der Waals surface area contributed by atoms with E-state index in [2.05, 4.69) is 10.0 Å². The lowest BCUT2D eigenvalue weighted by Crippen LogP contribution is -2.12. The maximum atomic E-state index is 12.6. The molecule has 0 saturated carbocycles. The average Bonchev–Trinajstić information content (AvgIpc) is 2.05. The summed E-state index contributed by atoms with van der Waals surface area (Å²) in [6.07, 6.45) is 0. The van der Waals surface area contributed by atoms with E-state index in [9.17, 15) is 4.39 Å². The smallest absolute Gasteiger partial charge is 0.123 e. The second kappa shape index (κ2) is 3.46. The predicted octanol–water partition coefficient (Wildman–Crippen LogP) is 3.37. The van der Waals surface area contributed by atoms with E-state index in [-0.39, 0.29) is 5.82 Å². The third kappa shape index (κ3) is 2.20. The third-order valence-corrected chi connectivity index (χ3v) is 1.85. The number of halogens is 1. The van der Waals surface area contributed by atoms with E-state index in [0.717, 1.165) is 5.56 Å². The Bertz CT molecular complexity index is 336. The van der Waals surface area contributed by atoms with Crippen molar-refractivity contribution in [1.82, 2.24) is 0 Å². The molecular weight excluding hydrogens is 169 g/mol. The Morgan fingerprint density at radius 2 is 1.85 bits per heavy atom. The van der Waals surface area contributed by atoms with Crippen LogP contribution in [0.5, 0.6) is 0 Å². The zero-order chi connectivity index (χ0) is 9.90. The van der Waals surface area contributed by atoms with E-state index in [1.54, 1.807) is 26.0 Å². The highest BCUT2D eigenvalue weighted by atomic mass is 19.1. The van der Waals surface area contributed by atoms with E-state index in [1.807, 2.05) is 0 Å². The first kappa shape index (κ1) is 9.55. The minimum atomic E-state index is -0.623. The maximum Gasteiger partial charge on any atom is 0.123 e. The molecule has 0 fully saturated rings. The van der Waals surface area contributed by atoms with Gasteiger partial charge in [-0.3, -0.25) is 0 Å². The Hall–Kier alpha value is -1.54. The summed E-state index contributed by atoms with van der Waals surface area (Å²) in [5.74, 6) is -0.291. The van der Waals surface area contributed by atoms with Crippen molar-refractivity contribution in [3.63, 3.8) is 0 Å². The van der Waals surface area contributed by atoms with E-state index in [0.29, 0.717) is 0 Å². The first-order valence-electron chi connectivity index (χ1n) is 3.88. The van der Waals surface area contributed by atoms with E-state index in [1.165, 1.54) is 12.1 Å². The summed E-state index contributed by atoms with van der Waals surface area (Å²) >= 11 is 0. The van der Waals surface area contributed by atoms with Crippen LogP contribution >= 0.6 is 0 Å². The van der Waals surface area contributed by atoms with Gasteiger partial charge in [0, 0.05) is 4.91 Å². The molecule has 13 heavy (non-hydrogen) atoms. The first-order chi connectivity index (χ1) is 6.06. The molecule has 0 heterocycles. The van der Waals surface area contributed by atoms with Gasteiger partial charge >= 0.3 is 0 Å². The van der Waals surface area contributed by atoms with Crippen molar-refractivity contribution in [2.75, 3.05) is 0 Å². The van der Waals surface area contributed by atoms with Crippen LogP contribution in [0, 0.1) is 5.82 Å². The van der Waals surface area contributed by atoms with Crippen LogP contribution in [0.1, 0.15) is 19.4 Å². The SMILES string of the molecule is CC(C)(N=[N+]=[N-])c1ccc(F)cc1. The van der Waals surface area contributed by atoms with Crippen LogP contribution in [-0.2, 0) is 5.54 Å². The standard InChI is InChI=1S/C9H10FN3/c1-9(2,12-13-11)7-3-5-8(10)6-4-7/h3-6H,1-2H3. The highest BCUT2D eigenvalue weighted by Gasteiger charge is 2.17.